The molecule has 0 saturated carbocycles. The molecule has 1 N–H and O–H groups in total. The summed E-state index contributed by atoms with van der Waals surface area (Å²) in [6.07, 6.45) is 6.88. The van der Waals surface area contributed by atoms with E-state index in [0.717, 1.165) is 41.0 Å². The fourth-order valence-corrected chi connectivity index (χ4v) is 5.22. The minimum absolute atomic E-state index is 0.0171. The van der Waals surface area contributed by atoms with E-state index in [2.05, 4.69) is 15.5 Å². The Morgan fingerprint density at radius 2 is 1.64 bits per heavy atom. The molecule has 25 heavy (non-hydrogen) atoms. The zero-order valence-corrected chi connectivity index (χ0v) is 17.1. The largest absolute Gasteiger partial charge is 0.355 e. The Morgan fingerprint density at radius 3 is 2.28 bits per heavy atom. The van der Waals surface area contributed by atoms with Crippen LogP contribution in [0.5, 0.6) is 0 Å². The number of amides is 2. The zero-order valence-electron chi connectivity index (χ0n) is 14.7. The van der Waals surface area contributed by atoms with Crippen molar-refractivity contribution in [3.63, 3.8) is 0 Å². The molecule has 0 aliphatic carbocycles. The number of carbonyl (C=O) groups is 2. The SMILES string of the molecule is CCCNC(=O)CSc1nnc(SCC(=O)N2CCCCCCC2)s1. The Morgan fingerprint density at radius 1 is 1.04 bits per heavy atom. The summed E-state index contributed by atoms with van der Waals surface area (Å²) in [7, 11) is 0. The summed E-state index contributed by atoms with van der Waals surface area (Å²) in [6, 6.07) is 0. The smallest absolute Gasteiger partial charge is 0.233 e. The van der Waals surface area contributed by atoms with Gasteiger partial charge in [-0.25, -0.2) is 0 Å². The van der Waals surface area contributed by atoms with Crippen molar-refractivity contribution in [3.8, 4) is 0 Å². The monoisotopic (exact) mass is 402 g/mol. The Bertz CT molecular complexity index is 545. The van der Waals surface area contributed by atoms with Gasteiger partial charge in [0.1, 0.15) is 0 Å². The minimum atomic E-state index is 0.0171. The van der Waals surface area contributed by atoms with E-state index in [1.54, 1.807) is 0 Å². The van der Waals surface area contributed by atoms with Gasteiger partial charge in [0.15, 0.2) is 8.68 Å². The molecule has 1 aromatic heterocycles. The van der Waals surface area contributed by atoms with Crippen LogP contribution in [-0.2, 0) is 9.59 Å². The highest BCUT2D eigenvalue weighted by Crippen LogP contribution is 2.29. The van der Waals surface area contributed by atoms with E-state index in [9.17, 15) is 9.59 Å². The molecule has 1 aromatic rings. The topological polar surface area (TPSA) is 75.2 Å². The average molecular weight is 403 g/mol. The van der Waals surface area contributed by atoms with Gasteiger partial charge < -0.3 is 10.2 Å². The molecule has 1 saturated heterocycles. The maximum atomic E-state index is 12.4. The van der Waals surface area contributed by atoms with Gasteiger partial charge in [-0.15, -0.1) is 10.2 Å². The Kier molecular flexibility index (Phi) is 9.64. The normalized spacial score (nSPS) is 15.5. The Balaban J connectivity index is 1.71. The molecule has 2 rings (SSSR count). The lowest BCUT2D eigenvalue weighted by Gasteiger charge is -2.24. The van der Waals surface area contributed by atoms with Crippen LogP contribution in [0.25, 0.3) is 0 Å². The molecule has 0 spiro atoms. The highest BCUT2D eigenvalue weighted by atomic mass is 32.2. The second kappa shape index (κ2) is 11.7. The molecular formula is C16H26N4O2S3. The molecule has 0 atom stereocenters. The van der Waals surface area contributed by atoms with Crippen LogP contribution in [0, 0.1) is 0 Å². The van der Waals surface area contributed by atoms with Gasteiger partial charge in [0.2, 0.25) is 11.8 Å². The molecule has 0 unspecified atom stereocenters. The van der Waals surface area contributed by atoms with E-state index in [-0.39, 0.29) is 11.8 Å². The predicted molar refractivity (Wildman–Crippen MR) is 104 cm³/mol. The quantitative estimate of drug-likeness (QED) is 0.674. The van der Waals surface area contributed by atoms with Crippen molar-refractivity contribution in [2.45, 2.75) is 54.1 Å². The van der Waals surface area contributed by atoms with Crippen LogP contribution < -0.4 is 5.32 Å². The molecule has 1 aliphatic heterocycles. The first-order valence-corrected chi connectivity index (χ1v) is 11.6. The van der Waals surface area contributed by atoms with Crippen molar-refractivity contribution in [1.29, 1.82) is 0 Å². The summed E-state index contributed by atoms with van der Waals surface area (Å²) in [4.78, 5) is 25.9. The predicted octanol–water partition coefficient (Wildman–Crippen LogP) is 3.04. The van der Waals surface area contributed by atoms with Gasteiger partial charge in [-0.05, 0) is 19.3 Å². The van der Waals surface area contributed by atoms with Gasteiger partial charge in [0.05, 0.1) is 11.5 Å². The number of rotatable bonds is 8. The maximum absolute atomic E-state index is 12.4. The minimum Gasteiger partial charge on any atom is -0.355 e. The Hall–Kier alpha value is -0.800. The third-order valence-corrected chi connectivity index (χ3v) is 6.99. The molecule has 6 nitrogen and oxygen atoms in total. The molecule has 1 aliphatic rings. The lowest BCUT2D eigenvalue weighted by atomic mass is 10.1. The number of aromatic nitrogens is 2. The first-order valence-electron chi connectivity index (χ1n) is 8.82. The van der Waals surface area contributed by atoms with Gasteiger partial charge in [-0.1, -0.05) is 61.0 Å². The fourth-order valence-electron chi connectivity index (χ4n) is 2.47. The van der Waals surface area contributed by atoms with Crippen molar-refractivity contribution in [1.82, 2.24) is 20.4 Å². The van der Waals surface area contributed by atoms with Crippen LogP contribution in [0.1, 0.15) is 45.4 Å². The third-order valence-electron chi connectivity index (χ3n) is 3.81. The molecule has 2 heterocycles. The molecule has 0 radical (unpaired) electrons. The third kappa shape index (κ3) is 7.96. The summed E-state index contributed by atoms with van der Waals surface area (Å²) in [5.74, 6) is 0.973. The number of nitrogens with one attached hydrogen (secondary N) is 1. The van der Waals surface area contributed by atoms with Crippen LogP contribution in [-0.4, -0.2) is 58.1 Å². The summed E-state index contributed by atoms with van der Waals surface area (Å²) >= 11 is 4.28. The van der Waals surface area contributed by atoms with E-state index in [1.807, 2.05) is 11.8 Å². The van der Waals surface area contributed by atoms with E-state index in [4.69, 9.17) is 0 Å². The number of likely N-dealkylation sites (tertiary alicyclic amines) is 1. The van der Waals surface area contributed by atoms with Gasteiger partial charge in [-0.3, -0.25) is 9.59 Å². The highest BCUT2D eigenvalue weighted by Gasteiger charge is 2.16. The van der Waals surface area contributed by atoms with Crippen LogP contribution in [0.4, 0.5) is 0 Å². The molecule has 9 heteroatoms. The number of carbonyl (C=O) groups excluding carboxylic acids is 2. The molecule has 2 amide bonds. The first kappa shape index (κ1) is 20.5. The van der Waals surface area contributed by atoms with E-state index in [0.29, 0.717) is 18.1 Å². The molecule has 1 fully saturated rings. The van der Waals surface area contributed by atoms with Crippen LogP contribution in [0.3, 0.4) is 0 Å². The lowest BCUT2D eigenvalue weighted by molar-refractivity contribution is -0.128. The molecule has 0 aromatic carbocycles. The van der Waals surface area contributed by atoms with E-state index >= 15 is 0 Å². The van der Waals surface area contributed by atoms with Crippen molar-refractivity contribution in [2.75, 3.05) is 31.1 Å². The van der Waals surface area contributed by atoms with Crippen molar-refractivity contribution >= 4 is 46.7 Å². The molecular weight excluding hydrogens is 376 g/mol. The van der Waals surface area contributed by atoms with E-state index < -0.39 is 0 Å². The maximum Gasteiger partial charge on any atom is 0.233 e. The van der Waals surface area contributed by atoms with Gasteiger partial charge in [-0.2, -0.15) is 0 Å². The number of nitrogens with zero attached hydrogens (tertiary/aromatic N) is 3. The highest BCUT2D eigenvalue weighted by molar-refractivity contribution is 8.03. The molecule has 0 bridgehead atoms. The summed E-state index contributed by atoms with van der Waals surface area (Å²) in [5.41, 5.74) is 0. The lowest BCUT2D eigenvalue weighted by Crippen LogP contribution is -2.35. The Labute approximate surface area is 161 Å². The summed E-state index contributed by atoms with van der Waals surface area (Å²) in [5, 5.41) is 11.0. The van der Waals surface area contributed by atoms with Gasteiger partial charge in [0.25, 0.3) is 0 Å². The second-order valence-electron chi connectivity index (χ2n) is 5.91. The van der Waals surface area contributed by atoms with Gasteiger partial charge in [0, 0.05) is 19.6 Å². The first-order chi connectivity index (χ1) is 12.2. The van der Waals surface area contributed by atoms with Crippen molar-refractivity contribution in [2.24, 2.45) is 0 Å². The number of hydrogen-bond acceptors (Lipinski definition) is 7. The zero-order chi connectivity index (χ0) is 17.9. The summed E-state index contributed by atoms with van der Waals surface area (Å²) in [6.45, 7) is 4.48. The number of hydrogen-bond donors (Lipinski definition) is 1. The van der Waals surface area contributed by atoms with Crippen molar-refractivity contribution in [3.05, 3.63) is 0 Å². The second-order valence-corrected chi connectivity index (χ2v) is 9.33. The van der Waals surface area contributed by atoms with Crippen molar-refractivity contribution < 1.29 is 9.59 Å². The fraction of sp³-hybridized carbons (Fsp3) is 0.750. The molecule has 140 valence electrons. The number of thioether (sulfide) groups is 2. The van der Waals surface area contributed by atoms with Crippen LogP contribution in [0.15, 0.2) is 8.68 Å². The standard InChI is InChI=1S/C16H26N4O2S3/c1-2-8-17-13(21)11-23-15-18-19-16(25-15)24-12-14(22)20-9-6-4-3-5-7-10-20/h2-12H2,1H3,(H,17,21). The van der Waals surface area contributed by atoms with Gasteiger partial charge >= 0.3 is 0 Å². The summed E-state index contributed by atoms with van der Waals surface area (Å²) < 4.78 is 1.56. The van der Waals surface area contributed by atoms with Crippen LogP contribution >= 0.6 is 34.9 Å². The van der Waals surface area contributed by atoms with E-state index in [1.165, 1.54) is 54.1 Å². The average Bonchev–Trinajstić information content (AvgIpc) is 3.03. The van der Waals surface area contributed by atoms with Crippen LogP contribution in [0.2, 0.25) is 0 Å².